The predicted molar refractivity (Wildman–Crippen MR) is 88.7 cm³/mol. The minimum Gasteiger partial charge on any atom is -0.505 e. The predicted octanol–water partition coefficient (Wildman–Crippen LogP) is 2.58. The molecule has 1 heterocycles. The van der Waals surface area contributed by atoms with Gasteiger partial charge in [0.25, 0.3) is 5.91 Å². The van der Waals surface area contributed by atoms with Gasteiger partial charge in [-0.05, 0) is 39.0 Å². The average Bonchev–Trinajstić information content (AvgIpc) is 2.49. The fourth-order valence-electron chi connectivity index (χ4n) is 2.07. The van der Waals surface area contributed by atoms with Crippen LogP contribution in [0.5, 0.6) is 11.5 Å². The lowest BCUT2D eigenvalue weighted by atomic mass is 10.1. The number of carboxylic acids is 1. The number of nitrogens with zero attached hydrogens (tertiary/aromatic N) is 1. The van der Waals surface area contributed by atoms with Crippen LogP contribution < -0.4 is 10.1 Å². The van der Waals surface area contributed by atoms with E-state index >= 15 is 0 Å². The van der Waals surface area contributed by atoms with Gasteiger partial charge < -0.3 is 20.3 Å². The quantitative estimate of drug-likeness (QED) is 0.714. The summed E-state index contributed by atoms with van der Waals surface area (Å²) in [5.74, 6) is -1.93. The van der Waals surface area contributed by atoms with E-state index in [0.717, 1.165) is 0 Å². The number of carboxylic acid groups (broad SMARTS) is 1. The molecule has 0 bridgehead atoms. The first kappa shape index (κ1) is 17.8. The standard InChI is InChI=1S/C16H17ClN2O5/c1-7(2)24-9-4-5-10-11(6-9)13(20)12(19-14(10)17)15(21)18-8(3)16(22)23/h4-8,20H,1-3H3,(H,18,21)(H,22,23)/t8-/m0/s1. The molecule has 2 aromatic rings. The highest BCUT2D eigenvalue weighted by molar-refractivity contribution is 6.35. The number of aliphatic carboxylic acids is 1. The van der Waals surface area contributed by atoms with Gasteiger partial charge in [-0.25, -0.2) is 4.98 Å². The Morgan fingerprint density at radius 2 is 1.92 bits per heavy atom. The monoisotopic (exact) mass is 352 g/mol. The van der Waals surface area contributed by atoms with Gasteiger partial charge in [0.1, 0.15) is 16.9 Å². The van der Waals surface area contributed by atoms with Crippen LogP contribution in [-0.2, 0) is 4.79 Å². The first-order chi connectivity index (χ1) is 11.2. The molecule has 128 valence electrons. The number of benzene rings is 1. The maximum atomic E-state index is 12.2. The Labute approximate surface area is 143 Å². The Hall–Kier alpha value is -2.54. The van der Waals surface area contributed by atoms with Gasteiger partial charge in [-0.2, -0.15) is 0 Å². The van der Waals surface area contributed by atoms with Crippen molar-refractivity contribution in [2.45, 2.75) is 32.9 Å². The molecule has 7 nitrogen and oxygen atoms in total. The Morgan fingerprint density at radius 3 is 2.50 bits per heavy atom. The van der Waals surface area contributed by atoms with Crippen LogP contribution in [0, 0.1) is 0 Å². The van der Waals surface area contributed by atoms with Crippen molar-refractivity contribution >= 4 is 34.2 Å². The number of pyridine rings is 1. The molecule has 0 saturated heterocycles. The van der Waals surface area contributed by atoms with Crippen LogP contribution >= 0.6 is 11.6 Å². The van der Waals surface area contributed by atoms with E-state index in [1.165, 1.54) is 6.92 Å². The van der Waals surface area contributed by atoms with Crippen molar-refractivity contribution < 1.29 is 24.5 Å². The summed E-state index contributed by atoms with van der Waals surface area (Å²) in [6.07, 6.45) is -0.0684. The fraction of sp³-hybridized carbons (Fsp3) is 0.312. The number of fused-ring (bicyclic) bond motifs is 1. The summed E-state index contributed by atoms with van der Waals surface area (Å²) in [6, 6.07) is 3.73. The Kier molecular flexibility index (Phi) is 5.14. The lowest BCUT2D eigenvalue weighted by Gasteiger charge is -2.14. The number of hydrogen-bond donors (Lipinski definition) is 3. The molecule has 3 N–H and O–H groups in total. The number of rotatable bonds is 5. The molecular formula is C16H17ClN2O5. The molecule has 1 aromatic carbocycles. The Morgan fingerprint density at radius 1 is 1.25 bits per heavy atom. The number of aromatic hydroxyl groups is 1. The van der Waals surface area contributed by atoms with E-state index in [4.69, 9.17) is 21.4 Å². The zero-order chi connectivity index (χ0) is 18.0. The van der Waals surface area contributed by atoms with Crippen molar-refractivity contribution in [2.75, 3.05) is 0 Å². The molecule has 0 spiro atoms. The summed E-state index contributed by atoms with van der Waals surface area (Å²) in [4.78, 5) is 26.9. The van der Waals surface area contributed by atoms with Crippen LogP contribution in [0.1, 0.15) is 31.3 Å². The van der Waals surface area contributed by atoms with Gasteiger partial charge in [0.05, 0.1) is 6.10 Å². The molecule has 0 unspecified atom stereocenters. The van der Waals surface area contributed by atoms with Crippen molar-refractivity contribution in [1.82, 2.24) is 10.3 Å². The Bertz CT molecular complexity index is 807. The van der Waals surface area contributed by atoms with Gasteiger partial charge in [-0.1, -0.05) is 11.6 Å². The van der Waals surface area contributed by atoms with Crippen LogP contribution in [0.3, 0.4) is 0 Å². The van der Waals surface area contributed by atoms with Crippen molar-refractivity contribution in [2.24, 2.45) is 0 Å². The van der Waals surface area contributed by atoms with Gasteiger partial charge in [0, 0.05) is 10.8 Å². The highest BCUT2D eigenvalue weighted by atomic mass is 35.5. The second-order valence-corrected chi connectivity index (χ2v) is 5.87. The van der Waals surface area contributed by atoms with Gasteiger partial charge in [-0.15, -0.1) is 0 Å². The number of aromatic nitrogens is 1. The number of halogens is 1. The molecule has 24 heavy (non-hydrogen) atoms. The SMILES string of the molecule is CC(C)Oc1ccc2c(Cl)nc(C(=O)N[C@@H](C)C(=O)O)c(O)c2c1. The van der Waals surface area contributed by atoms with Gasteiger partial charge in [0.15, 0.2) is 11.4 Å². The van der Waals surface area contributed by atoms with E-state index in [9.17, 15) is 14.7 Å². The molecule has 0 fully saturated rings. The van der Waals surface area contributed by atoms with Crippen LogP contribution in [0.25, 0.3) is 10.8 Å². The van der Waals surface area contributed by atoms with Crippen LogP contribution in [0.15, 0.2) is 18.2 Å². The highest BCUT2D eigenvalue weighted by Gasteiger charge is 2.22. The lowest BCUT2D eigenvalue weighted by Crippen LogP contribution is -2.38. The second kappa shape index (κ2) is 6.92. The minimum absolute atomic E-state index is 0.0204. The summed E-state index contributed by atoms with van der Waals surface area (Å²) in [7, 11) is 0. The fourth-order valence-corrected chi connectivity index (χ4v) is 2.32. The highest BCUT2D eigenvalue weighted by Crippen LogP contribution is 2.34. The normalized spacial score (nSPS) is 12.2. The lowest BCUT2D eigenvalue weighted by molar-refractivity contribution is -0.138. The number of hydrogen-bond acceptors (Lipinski definition) is 5. The topological polar surface area (TPSA) is 109 Å². The van der Waals surface area contributed by atoms with Crippen molar-refractivity contribution in [3.63, 3.8) is 0 Å². The summed E-state index contributed by atoms with van der Waals surface area (Å²) in [6.45, 7) is 5.01. The minimum atomic E-state index is -1.21. The number of ether oxygens (including phenoxy) is 1. The molecule has 0 aliphatic heterocycles. The Balaban J connectivity index is 2.50. The van der Waals surface area contributed by atoms with Crippen LogP contribution in [-0.4, -0.2) is 39.2 Å². The molecule has 1 aromatic heterocycles. The third-order valence-corrected chi connectivity index (χ3v) is 3.50. The van der Waals surface area contributed by atoms with Crippen molar-refractivity contribution in [3.8, 4) is 11.5 Å². The van der Waals surface area contributed by atoms with E-state index in [-0.39, 0.29) is 17.0 Å². The number of carbonyl (C=O) groups is 2. The number of carbonyl (C=O) groups excluding carboxylic acids is 1. The summed E-state index contributed by atoms with van der Waals surface area (Å²) >= 11 is 6.08. The summed E-state index contributed by atoms with van der Waals surface area (Å²) in [5.41, 5.74) is -0.345. The molecule has 0 aliphatic rings. The molecule has 0 aliphatic carbocycles. The molecule has 0 radical (unpaired) electrons. The van der Waals surface area contributed by atoms with Crippen molar-refractivity contribution in [1.29, 1.82) is 0 Å². The van der Waals surface area contributed by atoms with E-state index in [1.807, 2.05) is 13.8 Å². The van der Waals surface area contributed by atoms with Crippen LogP contribution in [0.4, 0.5) is 0 Å². The van der Waals surface area contributed by atoms with Crippen molar-refractivity contribution in [3.05, 3.63) is 29.0 Å². The first-order valence-electron chi connectivity index (χ1n) is 7.23. The maximum Gasteiger partial charge on any atom is 0.325 e. The molecule has 2 rings (SSSR count). The smallest absolute Gasteiger partial charge is 0.325 e. The van der Waals surface area contributed by atoms with Gasteiger partial charge in [-0.3, -0.25) is 9.59 Å². The van der Waals surface area contributed by atoms with Crippen LogP contribution in [0.2, 0.25) is 5.15 Å². The summed E-state index contributed by atoms with van der Waals surface area (Å²) in [5, 5.41) is 22.2. The number of nitrogens with one attached hydrogen (secondary N) is 1. The maximum absolute atomic E-state index is 12.2. The third-order valence-electron chi connectivity index (χ3n) is 3.21. The molecular weight excluding hydrogens is 336 g/mol. The number of amides is 1. The summed E-state index contributed by atoms with van der Waals surface area (Å²) < 4.78 is 5.56. The van der Waals surface area contributed by atoms with E-state index < -0.39 is 23.7 Å². The third kappa shape index (κ3) is 3.68. The van der Waals surface area contributed by atoms with E-state index in [2.05, 4.69) is 10.3 Å². The zero-order valence-corrected chi connectivity index (χ0v) is 14.1. The largest absolute Gasteiger partial charge is 0.505 e. The molecule has 1 atom stereocenters. The first-order valence-corrected chi connectivity index (χ1v) is 7.61. The zero-order valence-electron chi connectivity index (χ0n) is 13.3. The van der Waals surface area contributed by atoms with E-state index in [0.29, 0.717) is 16.5 Å². The molecule has 8 heteroatoms. The second-order valence-electron chi connectivity index (χ2n) is 5.51. The van der Waals surface area contributed by atoms with E-state index in [1.54, 1.807) is 18.2 Å². The molecule has 1 amide bonds. The molecule has 0 saturated carbocycles. The van der Waals surface area contributed by atoms with Gasteiger partial charge in [0.2, 0.25) is 0 Å². The average molecular weight is 353 g/mol. The van der Waals surface area contributed by atoms with Gasteiger partial charge >= 0.3 is 5.97 Å².